The quantitative estimate of drug-likeness (QED) is 0.555. The maximum Gasteiger partial charge on any atom is 0.241 e. The third-order valence-corrected chi connectivity index (χ3v) is 6.24. The van der Waals surface area contributed by atoms with Crippen molar-refractivity contribution in [2.45, 2.75) is 17.4 Å². The van der Waals surface area contributed by atoms with Crippen molar-refractivity contribution in [2.75, 3.05) is 5.32 Å². The van der Waals surface area contributed by atoms with E-state index in [2.05, 4.69) is 36.2 Å². The van der Waals surface area contributed by atoms with Crippen molar-refractivity contribution in [3.63, 3.8) is 0 Å². The van der Waals surface area contributed by atoms with Crippen molar-refractivity contribution in [3.05, 3.63) is 70.1 Å². The lowest BCUT2D eigenvalue weighted by Gasteiger charge is -2.19. The molecule has 27 heavy (non-hydrogen) atoms. The Morgan fingerprint density at radius 3 is 2.44 bits per heavy atom. The molecule has 0 radical (unpaired) electrons. The average molecular weight is 467 g/mol. The Hall–Kier alpha value is -2.14. The third kappa shape index (κ3) is 5.42. The zero-order valence-electron chi connectivity index (χ0n) is 13.9. The number of nitrogens with one attached hydrogen (secondary N) is 2. The first kappa shape index (κ1) is 19.6. The van der Waals surface area contributed by atoms with Crippen LogP contribution in [0.2, 0.25) is 0 Å². The molecule has 0 saturated carbocycles. The van der Waals surface area contributed by atoms with Crippen molar-refractivity contribution in [1.29, 1.82) is 0 Å². The van der Waals surface area contributed by atoms with Crippen LogP contribution in [0.25, 0.3) is 0 Å². The van der Waals surface area contributed by atoms with E-state index in [0.29, 0.717) is 10.7 Å². The largest absolute Gasteiger partial charge is 0.300 e. The van der Waals surface area contributed by atoms with Gasteiger partial charge in [0.1, 0.15) is 5.51 Å². The SMILES string of the molecule is O=C(CC(NS(=O)(=O)c1ccc(Br)cc1)c1ccccc1)Nc1nncs1. The first-order valence-electron chi connectivity index (χ1n) is 7.83. The molecule has 0 aliphatic carbocycles. The number of rotatable bonds is 7. The normalized spacial score (nSPS) is 12.5. The van der Waals surface area contributed by atoms with E-state index < -0.39 is 16.1 Å². The smallest absolute Gasteiger partial charge is 0.241 e. The van der Waals surface area contributed by atoms with E-state index in [1.165, 1.54) is 29.0 Å². The molecule has 3 rings (SSSR count). The van der Waals surface area contributed by atoms with Gasteiger partial charge in [0.2, 0.25) is 21.1 Å². The Morgan fingerprint density at radius 1 is 1.11 bits per heavy atom. The molecule has 2 aromatic carbocycles. The molecule has 0 spiro atoms. The molecule has 0 aliphatic rings. The van der Waals surface area contributed by atoms with Gasteiger partial charge in [-0.15, -0.1) is 10.2 Å². The summed E-state index contributed by atoms with van der Waals surface area (Å²) in [6, 6.07) is 14.5. The molecule has 0 saturated heterocycles. The highest BCUT2D eigenvalue weighted by Crippen LogP contribution is 2.22. The predicted octanol–water partition coefficient (Wildman–Crippen LogP) is 3.35. The Bertz CT molecular complexity index is 994. The van der Waals surface area contributed by atoms with Gasteiger partial charge in [0.05, 0.1) is 10.9 Å². The van der Waals surface area contributed by atoms with Crippen LogP contribution in [-0.2, 0) is 14.8 Å². The van der Waals surface area contributed by atoms with Crippen LogP contribution in [0.1, 0.15) is 18.0 Å². The fourth-order valence-electron chi connectivity index (χ4n) is 2.37. The molecule has 1 amide bonds. The van der Waals surface area contributed by atoms with Gasteiger partial charge in [0, 0.05) is 10.9 Å². The first-order chi connectivity index (χ1) is 12.9. The van der Waals surface area contributed by atoms with Gasteiger partial charge in [0.25, 0.3) is 0 Å². The maximum absolute atomic E-state index is 12.7. The summed E-state index contributed by atoms with van der Waals surface area (Å²) in [5.41, 5.74) is 2.19. The van der Waals surface area contributed by atoms with Gasteiger partial charge in [-0.05, 0) is 29.8 Å². The minimum atomic E-state index is -3.81. The number of benzene rings is 2. The fraction of sp³-hybridized carbons (Fsp3) is 0.118. The van der Waals surface area contributed by atoms with Gasteiger partial charge >= 0.3 is 0 Å². The predicted molar refractivity (Wildman–Crippen MR) is 107 cm³/mol. The summed E-state index contributed by atoms with van der Waals surface area (Å²) in [5, 5.41) is 10.4. The third-order valence-electron chi connectivity index (χ3n) is 3.62. The number of nitrogens with zero attached hydrogens (tertiary/aromatic N) is 2. The molecule has 0 aliphatic heterocycles. The van der Waals surface area contributed by atoms with Crippen molar-refractivity contribution in [2.24, 2.45) is 0 Å². The Labute approximate surface area is 169 Å². The lowest BCUT2D eigenvalue weighted by atomic mass is 10.0. The minimum absolute atomic E-state index is 0.0840. The zero-order valence-corrected chi connectivity index (χ0v) is 17.1. The van der Waals surface area contributed by atoms with Gasteiger partial charge in [-0.2, -0.15) is 0 Å². The van der Waals surface area contributed by atoms with Gasteiger partial charge < -0.3 is 5.32 Å². The number of hydrogen-bond donors (Lipinski definition) is 2. The molecule has 140 valence electrons. The number of sulfonamides is 1. The molecular weight excluding hydrogens is 452 g/mol. The molecule has 0 bridgehead atoms. The van der Waals surface area contributed by atoms with Gasteiger partial charge in [-0.3, -0.25) is 4.79 Å². The summed E-state index contributed by atoms with van der Waals surface area (Å²) < 4.78 is 28.9. The van der Waals surface area contributed by atoms with Crippen LogP contribution < -0.4 is 10.0 Å². The highest BCUT2D eigenvalue weighted by atomic mass is 79.9. The minimum Gasteiger partial charge on any atom is -0.300 e. The van der Waals surface area contributed by atoms with E-state index >= 15 is 0 Å². The second kappa shape index (κ2) is 8.70. The standard InChI is InChI=1S/C17H15BrN4O3S2/c18-13-6-8-14(9-7-13)27(24,25)22-15(12-4-2-1-3-5-12)10-16(23)20-17-21-19-11-26-17/h1-9,11,15,22H,10H2,(H,20,21,23). The number of carbonyl (C=O) groups is 1. The summed E-state index contributed by atoms with van der Waals surface area (Å²) >= 11 is 4.47. The zero-order chi connectivity index (χ0) is 19.3. The molecule has 1 heterocycles. The van der Waals surface area contributed by atoms with Gasteiger partial charge in [-0.1, -0.05) is 57.6 Å². The number of halogens is 1. The monoisotopic (exact) mass is 466 g/mol. The van der Waals surface area contributed by atoms with Gasteiger partial charge in [0.15, 0.2) is 0 Å². The van der Waals surface area contributed by atoms with Crippen LogP contribution in [0.5, 0.6) is 0 Å². The lowest BCUT2D eigenvalue weighted by Crippen LogP contribution is -2.31. The molecule has 3 aromatic rings. The van der Waals surface area contributed by atoms with Gasteiger partial charge in [-0.25, -0.2) is 13.1 Å². The van der Waals surface area contributed by atoms with Crippen LogP contribution in [0.4, 0.5) is 5.13 Å². The van der Waals surface area contributed by atoms with Crippen molar-refractivity contribution in [3.8, 4) is 0 Å². The number of anilines is 1. The van der Waals surface area contributed by atoms with Crippen LogP contribution in [0.3, 0.4) is 0 Å². The molecule has 1 unspecified atom stereocenters. The highest BCUT2D eigenvalue weighted by molar-refractivity contribution is 9.10. The molecule has 2 N–H and O–H groups in total. The van der Waals surface area contributed by atoms with E-state index in [-0.39, 0.29) is 17.2 Å². The van der Waals surface area contributed by atoms with E-state index in [9.17, 15) is 13.2 Å². The fourth-order valence-corrected chi connectivity index (χ4v) is 4.32. The second-order valence-corrected chi connectivity index (χ2v) is 9.00. The van der Waals surface area contributed by atoms with E-state index in [4.69, 9.17) is 0 Å². The van der Waals surface area contributed by atoms with E-state index in [1.54, 1.807) is 36.4 Å². The highest BCUT2D eigenvalue weighted by Gasteiger charge is 2.24. The van der Waals surface area contributed by atoms with Crippen LogP contribution in [0, 0.1) is 0 Å². The van der Waals surface area contributed by atoms with Crippen LogP contribution in [0.15, 0.2) is 69.5 Å². The summed E-state index contributed by atoms with van der Waals surface area (Å²) in [6.07, 6.45) is -0.0840. The van der Waals surface area contributed by atoms with E-state index in [0.717, 1.165) is 4.47 Å². The number of carbonyl (C=O) groups excluding carboxylic acids is 1. The molecular formula is C17H15BrN4O3S2. The molecule has 0 fully saturated rings. The van der Waals surface area contributed by atoms with Crippen LogP contribution >= 0.6 is 27.3 Å². The van der Waals surface area contributed by atoms with E-state index in [1.807, 2.05) is 6.07 Å². The summed E-state index contributed by atoms with van der Waals surface area (Å²) in [5.74, 6) is -0.362. The molecule has 1 aromatic heterocycles. The second-order valence-electron chi connectivity index (χ2n) is 5.53. The Kier molecular flexibility index (Phi) is 6.32. The molecule has 10 heteroatoms. The molecule has 7 nitrogen and oxygen atoms in total. The lowest BCUT2D eigenvalue weighted by molar-refractivity contribution is -0.116. The van der Waals surface area contributed by atoms with Crippen molar-refractivity contribution >= 4 is 48.3 Å². The van der Waals surface area contributed by atoms with Crippen molar-refractivity contribution < 1.29 is 13.2 Å². The Balaban J connectivity index is 1.81. The summed E-state index contributed by atoms with van der Waals surface area (Å²) in [7, 11) is -3.81. The first-order valence-corrected chi connectivity index (χ1v) is 11.0. The van der Waals surface area contributed by atoms with Crippen molar-refractivity contribution in [1.82, 2.24) is 14.9 Å². The maximum atomic E-state index is 12.7. The summed E-state index contributed by atoms with van der Waals surface area (Å²) in [6.45, 7) is 0. The Morgan fingerprint density at radius 2 is 1.81 bits per heavy atom. The van der Waals surface area contributed by atoms with Crippen LogP contribution in [-0.4, -0.2) is 24.5 Å². The topological polar surface area (TPSA) is 101 Å². The number of amides is 1. The number of hydrogen-bond acceptors (Lipinski definition) is 6. The number of aromatic nitrogens is 2. The summed E-state index contributed by atoms with van der Waals surface area (Å²) in [4.78, 5) is 12.5. The molecule has 1 atom stereocenters. The average Bonchev–Trinajstić information content (AvgIpc) is 3.15.